The molecule has 3 aromatic rings. The zero-order valence-corrected chi connectivity index (χ0v) is 16.2. The fourth-order valence-corrected chi connectivity index (χ4v) is 3.41. The number of carbonyl (C=O) groups is 2. The first-order valence-electron chi connectivity index (χ1n) is 8.51. The van der Waals surface area contributed by atoms with E-state index < -0.39 is 0 Å². The summed E-state index contributed by atoms with van der Waals surface area (Å²) in [7, 11) is 0. The van der Waals surface area contributed by atoms with Gasteiger partial charge in [0.25, 0.3) is 0 Å². The average Bonchev–Trinajstić information content (AvgIpc) is 3.25. The van der Waals surface area contributed by atoms with Crippen molar-refractivity contribution in [3.63, 3.8) is 0 Å². The summed E-state index contributed by atoms with van der Waals surface area (Å²) in [4.78, 5) is 23.5. The monoisotopic (exact) mass is 384 g/mol. The number of benzene rings is 1. The number of furan rings is 1. The smallest absolute Gasteiger partial charge is 0.234 e. The summed E-state index contributed by atoms with van der Waals surface area (Å²) in [5.74, 6) is 1.55. The van der Waals surface area contributed by atoms with Crippen molar-refractivity contribution >= 4 is 29.1 Å². The quantitative estimate of drug-likeness (QED) is 0.492. The Morgan fingerprint density at radius 2 is 1.93 bits per heavy atom. The van der Waals surface area contributed by atoms with E-state index in [1.807, 2.05) is 24.5 Å². The second-order valence-electron chi connectivity index (χ2n) is 5.91. The van der Waals surface area contributed by atoms with E-state index >= 15 is 0 Å². The molecule has 0 atom stereocenters. The summed E-state index contributed by atoms with van der Waals surface area (Å²) in [5.41, 5.74) is 2.16. The van der Waals surface area contributed by atoms with E-state index in [0.717, 1.165) is 17.1 Å². The van der Waals surface area contributed by atoms with E-state index in [-0.39, 0.29) is 17.4 Å². The zero-order chi connectivity index (χ0) is 19.4. The van der Waals surface area contributed by atoms with Crippen molar-refractivity contribution in [2.24, 2.45) is 0 Å². The molecule has 0 radical (unpaired) electrons. The van der Waals surface area contributed by atoms with Gasteiger partial charge in [-0.05, 0) is 51.1 Å². The minimum Gasteiger partial charge on any atom is -0.469 e. The third-order valence-corrected chi connectivity index (χ3v) is 5.01. The Balaban J connectivity index is 1.64. The summed E-state index contributed by atoms with van der Waals surface area (Å²) in [6.45, 7) is 6.07. The summed E-state index contributed by atoms with van der Waals surface area (Å²) >= 11 is 1.32. The number of nitrogens with zero attached hydrogens (tertiary/aromatic N) is 3. The molecule has 140 valence electrons. The van der Waals surface area contributed by atoms with Gasteiger partial charge >= 0.3 is 0 Å². The first kappa shape index (κ1) is 18.9. The number of hydrogen-bond donors (Lipinski definition) is 1. The van der Waals surface area contributed by atoms with E-state index in [2.05, 4.69) is 15.5 Å². The van der Waals surface area contributed by atoms with Gasteiger partial charge in [-0.2, -0.15) is 0 Å². The standard InChI is InChI=1S/C19H20N4O3S/c1-4-23-18(16-9-10-26-13(16)3)21-22-19(23)27-11-17(25)20-15-7-5-14(6-8-15)12(2)24/h5-10H,4,11H2,1-3H3,(H,20,25). The van der Waals surface area contributed by atoms with Gasteiger partial charge in [-0.3, -0.25) is 9.59 Å². The maximum absolute atomic E-state index is 12.2. The van der Waals surface area contributed by atoms with Gasteiger partial charge in [-0.15, -0.1) is 10.2 Å². The predicted molar refractivity (Wildman–Crippen MR) is 104 cm³/mol. The number of rotatable bonds is 7. The number of Topliss-reactive ketones (excluding diaryl/α,β-unsaturated/α-hetero) is 1. The molecule has 0 fully saturated rings. The van der Waals surface area contributed by atoms with Crippen LogP contribution in [0.2, 0.25) is 0 Å². The maximum atomic E-state index is 12.2. The van der Waals surface area contributed by atoms with E-state index in [1.165, 1.54) is 18.7 Å². The van der Waals surface area contributed by atoms with Crippen molar-refractivity contribution in [1.29, 1.82) is 0 Å². The van der Waals surface area contributed by atoms with Crippen LogP contribution >= 0.6 is 11.8 Å². The fourth-order valence-electron chi connectivity index (χ4n) is 2.61. The van der Waals surface area contributed by atoms with Crippen molar-refractivity contribution in [2.45, 2.75) is 32.5 Å². The Labute approximate surface area is 161 Å². The lowest BCUT2D eigenvalue weighted by atomic mass is 10.1. The molecule has 0 unspecified atom stereocenters. The number of anilines is 1. The van der Waals surface area contributed by atoms with Gasteiger partial charge in [-0.1, -0.05) is 11.8 Å². The topological polar surface area (TPSA) is 90.0 Å². The van der Waals surface area contributed by atoms with Crippen LogP contribution in [-0.4, -0.2) is 32.2 Å². The van der Waals surface area contributed by atoms with Crippen LogP contribution in [0.1, 0.15) is 30.0 Å². The van der Waals surface area contributed by atoms with E-state index in [9.17, 15) is 9.59 Å². The molecule has 8 heteroatoms. The molecular weight excluding hydrogens is 364 g/mol. The molecule has 0 aliphatic heterocycles. The van der Waals surface area contributed by atoms with Crippen molar-refractivity contribution in [2.75, 3.05) is 11.1 Å². The Hall–Kier alpha value is -2.87. The van der Waals surface area contributed by atoms with E-state index in [4.69, 9.17) is 4.42 Å². The summed E-state index contributed by atoms with van der Waals surface area (Å²) in [5, 5.41) is 11.9. The largest absolute Gasteiger partial charge is 0.469 e. The van der Waals surface area contributed by atoms with Gasteiger partial charge in [0, 0.05) is 17.8 Å². The molecule has 7 nitrogen and oxygen atoms in total. The molecule has 0 saturated heterocycles. The number of thioether (sulfide) groups is 1. The van der Waals surface area contributed by atoms with Gasteiger partial charge in [0.15, 0.2) is 16.8 Å². The number of aryl methyl sites for hydroxylation is 1. The molecule has 0 aliphatic rings. The second kappa shape index (κ2) is 8.22. The van der Waals surface area contributed by atoms with Crippen molar-refractivity contribution in [3.05, 3.63) is 47.9 Å². The van der Waals surface area contributed by atoms with Crippen LogP contribution in [0.3, 0.4) is 0 Å². The molecule has 1 N–H and O–H groups in total. The Bertz CT molecular complexity index is 960. The van der Waals surface area contributed by atoms with Crippen LogP contribution in [0.15, 0.2) is 46.2 Å². The predicted octanol–water partition coefficient (Wildman–Crippen LogP) is 3.80. The zero-order valence-electron chi connectivity index (χ0n) is 15.4. The van der Waals surface area contributed by atoms with Crippen LogP contribution in [0.5, 0.6) is 0 Å². The molecule has 1 aromatic carbocycles. The second-order valence-corrected chi connectivity index (χ2v) is 6.85. The highest BCUT2D eigenvalue weighted by molar-refractivity contribution is 7.99. The summed E-state index contributed by atoms with van der Waals surface area (Å²) < 4.78 is 7.30. The van der Waals surface area contributed by atoms with Gasteiger partial charge in [0.05, 0.1) is 17.6 Å². The molecule has 1 amide bonds. The van der Waals surface area contributed by atoms with Crippen LogP contribution in [0.25, 0.3) is 11.4 Å². The molecule has 3 rings (SSSR count). The third-order valence-electron chi connectivity index (χ3n) is 4.04. The minimum atomic E-state index is -0.151. The lowest BCUT2D eigenvalue weighted by molar-refractivity contribution is -0.113. The SMILES string of the molecule is CCn1c(SCC(=O)Nc2ccc(C(C)=O)cc2)nnc1-c1ccoc1C. The van der Waals surface area contributed by atoms with Gasteiger partial charge in [0.2, 0.25) is 5.91 Å². The average molecular weight is 384 g/mol. The molecule has 0 spiro atoms. The Morgan fingerprint density at radius 3 is 2.52 bits per heavy atom. The van der Waals surface area contributed by atoms with Gasteiger partial charge in [0.1, 0.15) is 5.76 Å². The van der Waals surface area contributed by atoms with Crippen LogP contribution in [0, 0.1) is 6.92 Å². The number of aromatic nitrogens is 3. The summed E-state index contributed by atoms with van der Waals surface area (Å²) in [6.07, 6.45) is 1.62. The first-order valence-corrected chi connectivity index (χ1v) is 9.49. The molecule has 0 bridgehead atoms. The molecule has 2 heterocycles. The number of ketones is 1. The molecule has 27 heavy (non-hydrogen) atoms. The van der Waals surface area contributed by atoms with Crippen LogP contribution < -0.4 is 5.32 Å². The minimum absolute atomic E-state index is 0.00834. The lowest BCUT2D eigenvalue weighted by Gasteiger charge is -2.08. The normalized spacial score (nSPS) is 10.8. The summed E-state index contributed by atoms with van der Waals surface area (Å²) in [6, 6.07) is 8.68. The molecular formula is C19H20N4O3S. The fraction of sp³-hybridized carbons (Fsp3) is 0.263. The number of nitrogens with one attached hydrogen (secondary N) is 1. The van der Waals surface area contributed by atoms with Gasteiger partial charge < -0.3 is 14.3 Å². The Morgan fingerprint density at radius 1 is 1.19 bits per heavy atom. The van der Waals surface area contributed by atoms with Crippen LogP contribution in [0.4, 0.5) is 5.69 Å². The molecule has 2 aromatic heterocycles. The number of hydrogen-bond acceptors (Lipinski definition) is 6. The van der Waals surface area contributed by atoms with Crippen molar-refractivity contribution < 1.29 is 14.0 Å². The maximum Gasteiger partial charge on any atom is 0.234 e. The van der Waals surface area contributed by atoms with E-state index in [0.29, 0.717) is 23.0 Å². The highest BCUT2D eigenvalue weighted by Gasteiger charge is 2.17. The molecule has 0 aliphatic carbocycles. The Kier molecular flexibility index (Phi) is 5.75. The molecule has 0 saturated carbocycles. The van der Waals surface area contributed by atoms with E-state index in [1.54, 1.807) is 30.5 Å². The lowest BCUT2D eigenvalue weighted by Crippen LogP contribution is -2.14. The van der Waals surface area contributed by atoms with Crippen molar-refractivity contribution in [1.82, 2.24) is 14.8 Å². The van der Waals surface area contributed by atoms with Crippen LogP contribution in [-0.2, 0) is 11.3 Å². The number of carbonyl (C=O) groups excluding carboxylic acids is 2. The third kappa shape index (κ3) is 4.28. The van der Waals surface area contributed by atoms with Crippen molar-refractivity contribution in [3.8, 4) is 11.4 Å². The van der Waals surface area contributed by atoms with Gasteiger partial charge in [-0.25, -0.2) is 0 Å². The highest BCUT2D eigenvalue weighted by Crippen LogP contribution is 2.27. The highest BCUT2D eigenvalue weighted by atomic mass is 32.2. The first-order chi connectivity index (χ1) is 13.0. The number of amides is 1.